The van der Waals surface area contributed by atoms with E-state index in [0.717, 1.165) is 46.8 Å². The molecule has 0 aliphatic carbocycles. The van der Waals surface area contributed by atoms with Gasteiger partial charge in [-0.2, -0.15) is 0 Å². The highest BCUT2D eigenvalue weighted by Crippen LogP contribution is 2.35. The lowest BCUT2D eigenvalue weighted by Gasteiger charge is -2.27. The fraction of sp³-hybridized carbons (Fsp3) is 0.286. The predicted molar refractivity (Wildman–Crippen MR) is 103 cm³/mol. The van der Waals surface area contributed by atoms with E-state index in [4.69, 9.17) is 14.4 Å². The highest BCUT2D eigenvalue weighted by molar-refractivity contribution is 6.05. The first kappa shape index (κ1) is 15.3. The third kappa shape index (κ3) is 2.51. The molecule has 5 nitrogen and oxygen atoms in total. The monoisotopic (exact) mass is 344 g/mol. The number of nitrogens with zero attached hydrogens (tertiary/aromatic N) is 4. The summed E-state index contributed by atoms with van der Waals surface area (Å²) < 4.78 is 6.07. The number of piperidine rings is 1. The fourth-order valence-corrected chi connectivity index (χ4v) is 3.70. The highest BCUT2D eigenvalue weighted by atomic mass is 16.3. The maximum absolute atomic E-state index is 6.07. The molecule has 4 heterocycles. The van der Waals surface area contributed by atoms with E-state index in [1.165, 1.54) is 24.8 Å². The summed E-state index contributed by atoms with van der Waals surface area (Å²) in [5, 5.41) is 0.942. The number of hydrogen-bond acceptors (Lipinski definition) is 5. The average Bonchev–Trinajstić information content (AvgIpc) is 3.06. The zero-order chi connectivity index (χ0) is 17.5. The Hall–Kier alpha value is -2.95. The van der Waals surface area contributed by atoms with E-state index in [1.54, 1.807) is 6.20 Å². The topological polar surface area (TPSA) is 55.1 Å². The van der Waals surface area contributed by atoms with E-state index in [1.807, 2.05) is 18.2 Å². The number of aromatic nitrogens is 3. The lowest BCUT2D eigenvalue weighted by atomic mass is 10.1. The van der Waals surface area contributed by atoms with Crippen LogP contribution in [0, 0.1) is 6.92 Å². The van der Waals surface area contributed by atoms with Crippen molar-refractivity contribution in [2.45, 2.75) is 26.2 Å². The molecule has 5 rings (SSSR count). The Bertz CT molecular complexity index is 1100. The van der Waals surface area contributed by atoms with E-state index < -0.39 is 0 Å². The second-order valence-corrected chi connectivity index (χ2v) is 6.92. The number of aryl methyl sites for hydroxylation is 1. The van der Waals surface area contributed by atoms with Crippen molar-refractivity contribution in [3.63, 3.8) is 0 Å². The van der Waals surface area contributed by atoms with E-state index in [9.17, 15) is 0 Å². The van der Waals surface area contributed by atoms with Crippen molar-refractivity contribution < 1.29 is 4.42 Å². The van der Waals surface area contributed by atoms with Gasteiger partial charge in [0.1, 0.15) is 5.52 Å². The van der Waals surface area contributed by atoms with Crippen molar-refractivity contribution in [1.82, 2.24) is 15.0 Å². The number of fused-ring (bicyclic) bond motifs is 3. The molecule has 0 atom stereocenters. The Morgan fingerprint density at radius 3 is 2.73 bits per heavy atom. The quantitative estimate of drug-likeness (QED) is 0.526. The van der Waals surface area contributed by atoms with Crippen LogP contribution in [-0.4, -0.2) is 28.0 Å². The van der Waals surface area contributed by atoms with Gasteiger partial charge in [0.15, 0.2) is 17.2 Å². The second-order valence-electron chi connectivity index (χ2n) is 6.92. The number of furan rings is 1. The Labute approximate surface area is 151 Å². The van der Waals surface area contributed by atoms with Crippen LogP contribution in [0.1, 0.15) is 24.8 Å². The van der Waals surface area contributed by atoms with Crippen LogP contribution in [0.25, 0.3) is 33.6 Å². The van der Waals surface area contributed by atoms with Gasteiger partial charge in [0.05, 0.1) is 5.39 Å². The Morgan fingerprint density at radius 1 is 1.00 bits per heavy atom. The minimum Gasteiger partial charge on any atom is -0.432 e. The number of benzene rings is 1. The molecule has 1 aliphatic rings. The largest absolute Gasteiger partial charge is 0.432 e. The Balaban J connectivity index is 1.79. The zero-order valence-corrected chi connectivity index (χ0v) is 14.8. The van der Waals surface area contributed by atoms with Gasteiger partial charge >= 0.3 is 0 Å². The van der Waals surface area contributed by atoms with Crippen molar-refractivity contribution in [1.29, 1.82) is 0 Å². The van der Waals surface area contributed by atoms with Crippen LogP contribution in [0.4, 0.5) is 5.82 Å². The molecular weight excluding hydrogens is 324 g/mol. The summed E-state index contributed by atoms with van der Waals surface area (Å²) in [5.41, 5.74) is 4.45. The van der Waals surface area contributed by atoms with Gasteiger partial charge in [0.25, 0.3) is 0 Å². The predicted octanol–water partition coefficient (Wildman–Crippen LogP) is 4.74. The normalized spacial score (nSPS) is 15.0. The number of hydrogen-bond donors (Lipinski definition) is 0. The molecule has 3 aromatic heterocycles. The van der Waals surface area contributed by atoms with Gasteiger partial charge in [0, 0.05) is 24.8 Å². The highest BCUT2D eigenvalue weighted by Gasteiger charge is 2.22. The SMILES string of the molecule is Cc1cccc(-c2nc(N3CCCCC3)c3oc4ncccc4c3n2)c1. The van der Waals surface area contributed by atoms with Gasteiger partial charge < -0.3 is 9.32 Å². The third-order valence-corrected chi connectivity index (χ3v) is 5.00. The van der Waals surface area contributed by atoms with Crippen LogP contribution in [0.5, 0.6) is 0 Å². The molecule has 4 aromatic rings. The molecule has 1 aliphatic heterocycles. The lowest BCUT2D eigenvalue weighted by molar-refractivity contribution is 0.568. The van der Waals surface area contributed by atoms with Gasteiger partial charge in [0.2, 0.25) is 5.71 Å². The van der Waals surface area contributed by atoms with Gasteiger partial charge in [-0.15, -0.1) is 0 Å². The van der Waals surface area contributed by atoms with E-state index in [-0.39, 0.29) is 0 Å². The summed E-state index contributed by atoms with van der Waals surface area (Å²) in [6.45, 7) is 4.10. The van der Waals surface area contributed by atoms with Gasteiger partial charge in [-0.05, 0) is 44.4 Å². The van der Waals surface area contributed by atoms with Crippen LogP contribution in [0.3, 0.4) is 0 Å². The molecule has 5 heteroatoms. The molecule has 0 unspecified atom stereocenters. The molecule has 1 saturated heterocycles. The van der Waals surface area contributed by atoms with Gasteiger partial charge in [-0.3, -0.25) is 0 Å². The van der Waals surface area contributed by atoms with Crippen LogP contribution < -0.4 is 4.90 Å². The Morgan fingerprint density at radius 2 is 1.88 bits per heavy atom. The van der Waals surface area contributed by atoms with Crippen molar-refractivity contribution >= 4 is 28.0 Å². The molecule has 0 bridgehead atoms. The number of anilines is 1. The molecule has 0 radical (unpaired) electrons. The summed E-state index contributed by atoms with van der Waals surface area (Å²) in [6, 6.07) is 12.3. The van der Waals surface area contributed by atoms with Crippen LogP contribution in [0.15, 0.2) is 47.0 Å². The van der Waals surface area contributed by atoms with Crippen molar-refractivity contribution in [2.24, 2.45) is 0 Å². The first-order valence-corrected chi connectivity index (χ1v) is 9.17. The summed E-state index contributed by atoms with van der Waals surface area (Å²) >= 11 is 0. The first-order valence-electron chi connectivity index (χ1n) is 9.17. The van der Waals surface area contributed by atoms with Crippen molar-refractivity contribution in [3.8, 4) is 11.4 Å². The maximum Gasteiger partial charge on any atom is 0.229 e. The minimum absolute atomic E-state index is 0.622. The van der Waals surface area contributed by atoms with E-state index >= 15 is 0 Å². The molecule has 0 spiro atoms. The van der Waals surface area contributed by atoms with E-state index in [0.29, 0.717) is 5.71 Å². The standard InChI is InChI=1S/C21H20N4O/c1-14-7-5-8-15(13-14)19-23-17-16-9-6-10-22-21(16)26-18(17)20(24-19)25-11-3-2-4-12-25/h5-10,13H,2-4,11-12H2,1H3. The molecule has 1 aromatic carbocycles. The molecule has 130 valence electrons. The second kappa shape index (κ2) is 6.09. The molecular formula is C21H20N4O. The van der Waals surface area contributed by atoms with Crippen LogP contribution in [0.2, 0.25) is 0 Å². The number of pyridine rings is 1. The van der Waals surface area contributed by atoms with E-state index in [2.05, 4.69) is 35.0 Å². The van der Waals surface area contributed by atoms with Crippen molar-refractivity contribution in [3.05, 3.63) is 48.2 Å². The summed E-state index contributed by atoms with van der Waals surface area (Å²) in [6.07, 6.45) is 5.39. The summed E-state index contributed by atoms with van der Waals surface area (Å²) in [7, 11) is 0. The lowest BCUT2D eigenvalue weighted by Crippen LogP contribution is -2.30. The van der Waals surface area contributed by atoms with Gasteiger partial charge in [-0.25, -0.2) is 15.0 Å². The number of rotatable bonds is 2. The molecule has 26 heavy (non-hydrogen) atoms. The minimum atomic E-state index is 0.622. The fourth-order valence-electron chi connectivity index (χ4n) is 3.70. The maximum atomic E-state index is 6.07. The third-order valence-electron chi connectivity index (χ3n) is 5.00. The molecule has 1 fully saturated rings. The molecule has 0 N–H and O–H groups in total. The zero-order valence-electron chi connectivity index (χ0n) is 14.8. The van der Waals surface area contributed by atoms with Crippen LogP contribution >= 0.6 is 0 Å². The van der Waals surface area contributed by atoms with Crippen LogP contribution in [-0.2, 0) is 0 Å². The smallest absolute Gasteiger partial charge is 0.229 e. The first-order chi connectivity index (χ1) is 12.8. The molecule has 0 amide bonds. The van der Waals surface area contributed by atoms with Crippen molar-refractivity contribution in [2.75, 3.05) is 18.0 Å². The molecule has 0 saturated carbocycles. The average molecular weight is 344 g/mol. The summed E-state index contributed by atoms with van der Waals surface area (Å²) in [4.78, 5) is 16.5. The Kier molecular flexibility index (Phi) is 3.59. The summed E-state index contributed by atoms with van der Waals surface area (Å²) in [5.74, 6) is 1.64. The van der Waals surface area contributed by atoms with Gasteiger partial charge in [-0.1, -0.05) is 23.8 Å².